The van der Waals surface area contributed by atoms with E-state index >= 15 is 0 Å². The van der Waals surface area contributed by atoms with E-state index in [1.807, 2.05) is 36.8 Å². The standard InChI is InChI=1S/C26H33BFN3O/c1-17(21-12-11-20(27)15-22(21)28)14-25-29-23(16-24(30(25)3)19-9-7-10-19)26(32)31-13-6-4-5-8-18(31)2/h11-12,14-16,18-19H,1,4-10,13,27H2,2-3H3/b25-14-. The molecule has 4 nitrogen and oxygen atoms in total. The normalized spacial score (nSPS) is 23.3. The first-order chi connectivity index (χ1) is 15.3. The molecular weight excluding hydrogens is 400 g/mol. The predicted molar refractivity (Wildman–Crippen MR) is 132 cm³/mol. The lowest BCUT2D eigenvalue weighted by Crippen LogP contribution is -2.43. The minimum absolute atomic E-state index is 0.00218. The molecule has 1 unspecified atom stereocenters. The number of aliphatic imine (C=N–C) groups is 1. The maximum absolute atomic E-state index is 14.5. The van der Waals surface area contributed by atoms with Crippen LogP contribution in [0.4, 0.5) is 4.39 Å². The van der Waals surface area contributed by atoms with Crippen molar-refractivity contribution in [3.63, 3.8) is 0 Å². The van der Waals surface area contributed by atoms with Gasteiger partial charge < -0.3 is 9.80 Å². The summed E-state index contributed by atoms with van der Waals surface area (Å²) in [6.07, 6.45) is 11.6. The summed E-state index contributed by atoms with van der Waals surface area (Å²) < 4.78 is 14.5. The highest BCUT2D eigenvalue weighted by molar-refractivity contribution is 6.43. The smallest absolute Gasteiger partial charge is 0.272 e. The molecule has 0 N–H and O–H groups in total. The van der Waals surface area contributed by atoms with Crippen molar-refractivity contribution in [3.8, 4) is 0 Å². The fraction of sp³-hybridized carbons (Fsp3) is 0.462. The molecule has 1 aromatic rings. The van der Waals surface area contributed by atoms with Crippen molar-refractivity contribution in [3.05, 3.63) is 59.8 Å². The van der Waals surface area contributed by atoms with Crippen molar-refractivity contribution >= 4 is 30.5 Å². The minimum Gasteiger partial charge on any atom is -0.335 e. The maximum atomic E-state index is 14.5. The van der Waals surface area contributed by atoms with Gasteiger partial charge in [-0.3, -0.25) is 4.79 Å². The topological polar surface area (TPSA) is 35.9 Å². The second-order valence-electron chi connectivity index (χ2n) is 9.46. The summed E-state index contributed by atoms with van der Waals surface area (Å²) in [4.78, 5) is 22.3. The Morgan fingerprint density at radius 3 is 2.69 bits per heavy atom. The molecule has 1 amide bonds. The third kappa shape index (κ3) is 4.60. The maximum Gasteiger partial charge on any atom is 0.272 e. The Morgan fingerprint density at radius 2 is 2.00 bits per heavy atom. The van der Waals surface area contributed by atoms with E-state index < -0.39 is 0 Å². The molecule has 2 fully saturated rings. The fourth-order valence-corrected chi connectivity index (χ4v) is 4.77. The number of amides is 1. The monoisotopic (exact) mass is 433 g/mol. The Kier molecular flexibility index (Phi) is 6.68. The number of likely N-dealkylation sites (tertiary alicyclic amines) is 1. The number of rotatable bonds is 4. The van der Waals surface area contributed by atoms with Crippen LogP contribution in [0.2, 0.25) is 0 Å². The van der Waals surface area contributed by atoms with Crippen molar-refractivity contribution < 1.29 is 9.18 Å². The number of carbonyl (C=O) groups is 1. The lowest BCUT2D eigenvalue weighted by atomic mass is 9.81. The highest BCUT2D eigenvalue weighted by Crippen LogP contribution is 2.38. The second-order valence-corrected chi connectivity index (χ2v) is 9.46. The molecule has 1 saturated carbocycles. The number of halogens is 1. The number of hydrogen-bond acceptors (Lipinski definition) is 3. The first kappa shape index (κ1) is 22.6. The minimum atomic E-state index is -0.293. The van der Waals surface area contributed by atoms with Crippen molar-refractivity contribution in [2.45, 2.75) is 57.9 Å². The molecule has 2 aliphatic heterocycles. The number of nitrogens with zero attached hydrogens (tertiary/aromatic N) is 3. The third-order valence-electron chi connectivity index (χ3n) is 7.08. The van der Waals surface area contributed by atoms with Crippen molar-refractivity contribution in [1.29, 1.82) is 0 Å². The molecule has 6 heteroatoms. The van der Waals surface area contributed by atoms with Crippen LogP contribution in [-0.2, 0) is 4.79 Å². The molecule has 1 saturated heterocycles. The van der Waals surface area contributed by atoms with Gasteiger partial charge in [-0.2, -0.15) is 0 Å². The number of benzene rings is 1. The third-order valence-corrected chi connectivity index (χ3v) is 7.08. The van der Waals surface area contributed by atoms with E-state index in [0.717, 1.165) is 49.8 Å². The molecule has 1 aliphatic carbocycles. The van der Waals surface area contributed by atoms with E-state index in [1.165, 1.54) is 18.9 Å². The van der Waals surface area contributed by atoms with Gasteiger partial charge in [-0.1, -0.05) is 43.4 Å². The molecule has 4 rings (SSSR count). The van der Waals surface area contributed by atoms with Crippen LogP contribution in [0.15, 0.2) is 53.4 Å². The molecular formula is C26H33BFN3O. The van der Waals surface area contributed by atoms with E-state index in [-0.39, 0.29) is 17.8 Å². The largest absolute Gasteiger partial charge is 0.335 e. The van der Waals surface area contributed by atoms with Gasteiger partial charge in [0.15, 0.2) is 0 Å². The highest BCUT2D eigenvalue weighted by atomic mass is 19.1. The molecule has 32 heavy (non-hydrogen) atoms. The van der Waals surface area contributed by atoms with Gasteiger partial charge in [0, 0.05) is 30.9 Å². The summed E-state index contributed by atoms with van der Waals surface area (Å²) in [6.45, 7) is 7.02. The van der Waals surface area contributed by atoms with Gasteiger partial charge in [-0.25, -0.2) is 9.38 Å². The Bertz CT molecular complexity index is 1010. The van der Waals surface area contributed by atoms with Crippen LogP contribution in [0.3, 0.4) is 0 Å². The van der Waals surface area contributed by atoms with Gasteiger partial charge in [-0.05, 0) is 62.3 Å². The average Bonchev–Trinajstić information content (AvgIpc) is 2.93. The van der Waals surface area contributed by atoms with E-state index in [1.54, 1.807) is 12.1 Å². The molecule has 0 radical (unpaired) electrons. The van der Waals surface area contributed by atoms with Crippen molar-refractivity contribution in [2.24, 2.45) is 10.9 Å². The number of hydrogen-bond donors (Lipinski definition) is 0. The first-order valence-corrected chi connectivity index (χ1v) is 11.9. The highest BCUT2D eigenvalue weighted by Gasteiger charge is 2.32. The first-order valence-electron chi connectivity index (χ1n) is 11.9. The quantitative estimate of drug-likeness (QED) is 0.678. The van der Waals surface area contributed by atoms with Crippen LogP contribution < -0.4 is 5.46 Å². The van der Waals surface area contributed by atoms with Crippen LogP contribution in [0, 0.1) is 11.7 Å². The van der Waals surface area contributed by atoms with Gasteiger partial charge in [0.05, 0.1) is 0 Å². The van der Waals surface area contributed by atoms with Gasteiger partial charge in [0.1, 0.15) is 25.2 Å². The Labute approximate surface area is 192 Å². The Hall–Kier alpha value is -2.63. The second kappa shape index (κ2) is 9.47. The number of carbonyl (C=O) groups excluding carboxylic acids is 1. The zero-order chi connectivity index (χ0) is 22.8. The molecule has 0 spiro atoms. The van der Waals surface area contributed by atoms with E-state index in [9.17, 15) is 9.18 Å². The lowest BCUT2D eigenvalue weighted by Gasteiger charge is -2.37. The van der Waals surface area contributed by atoms with Crippen LogP contribution in [0.25, 0.3) is 5.57 Å². The van der Waals surface area contributed by atoms with Crippen LogP contribution >= 0.6 is 0 Å². The van der Waals surface area contributed by atoms with Gasteiger partial charge in [0.2, 0.25) is 0 Å². The van der Waals surface area contributed by atoms with E-state index in [2.05, 4.69) is 13.5 Å². The predicted octanol–water partition coefficient (Wildman–Crippen LogP) is 3.80. The van der Waals surface area contributed by atoms with Crippen molar-refractivity contribution in [2.75, 3.05) is 13.6 Å². The van der Waals surface area contributed by atoms with Gasteiger partial charge in [0.25, 0.3) is 5.91 Å². The molecule has 1 aromatic carbocycles. The number of allylic oxidation sites excluding steroid dienone is 3. The Morgan fingerprint density at radius 1 is 1.22 bits per heavy atom. The summed E-state index contributed by atoms with van der Waals surface area (Å²) in [6, 6.07) is 5.37. The Balaban J connectivity index is 1.68. The van der Waals surface area contributed by atoms with Gasteiger partial charge >= 0.3 is 0 Å². The summed E-state index contributed by atoms with van der Waals surface area (Å²) >= 11 is 0. The summed E-state index contributed by atoms with van der Waals surface area (Å²) in [7, 11) is 3.85. The van der Waals surface area contributed by atoms with Crippen LogP contribution in [0.1, 0.15) is 57.4 Å². The SMILES string of the molecule is Bc1ccc(C(=C)/C=C2/N=C(C(=O)N3CCCCCC3C)C=C(C3CCC3)N2C)c(F)c1. The average molecular weight is 433 g/mol. The molecule has 0 bridgehead atoms. The van der Waals surface area contributed by atoms with E-state index in [4.69, 9.17) is 4.99 Å². The molecule has 168 valence electrons. The fourth-order valence-electron chi connectivity index (χ4n) is 4.77. The molecule has 1 atom stereocenters. The summed E-state index contributed by atoms with van der Waals surface area (Å²) in [5, 5.41) is 0. The summed E-state index contributed by atoms with van der Waals surface area (Å²) in [5.74, 6) is 0.791. The lowest BCUT2D eigenvalue weighted by molar-refractivity contribution is -0.125. The van der Waals surface area contributed by atoms with Crippen molar-refractivity contribution in [1.82, 2.24) is 9.80 Å². The molecule has 3 aliphatic rings. The van der Waals surface area contributed by atoms with Gasteiger partial charge in [-0.15, -0.1) is 0 Å². The molecule has 2 heterocycles. The summed E-state index contributed by atoms with van der Waals surface area (Å²) in [5.41, 5.74) is 3.50. The zero-order valence-corrected chi connectivity index (χ0v) is 19.5. The van der Waals surface area contributed by atoms with E-state index in [0.29, 0.717) is 28.6 Å². The van der Waals surface area contributed by atoms with Crippen LogP contribution in [-0.4, -0.2) is 48.9 Å². The molecule has 0 aromatic heterocycles. The van der Waals surface area contributed by atoms with Crippen LogP contribution in [0.5, 0.6) is 0 Å². The zero-order valence-electron chi connectivity index (χ0n) is 19.5.